The SMILES string of the molecule is CCCCCCCC/C=C\CCCCCCCC(=O)N(CCN1CCCC1=O)CCS(=O)(=O)O. The van der Waals surface area contributed by atoms with E-state index >= 15 is 0 Å². The molecular weight excluding hydrogens is 452 g/mol. The molecule has 1 N–H and O–H groups in total. The Hall–Kier alpha value is -1.41. The molecule has 0 radical (unpaired) electrons. The van der Waals surface area contributed by atoms with E-state index in [1.54, 1.807) is 4.90 Å². The van der Waals surface area contributed by atoms with E-state index in [0.29, 0.717) is 32.5 Å². The van der Waals surface area contributed by atoms with Crippen molar-refractivity contribution >= 4 is 21.9 Å². The van der Waals surface area contributed by atoms with Gasteiger partial charge in [0.15, 0.2) is 0 Å². The summed E-state index contributed by atoms with van der Waals surface area (Å²) in [7, 11) is -4.13. The van der Waals surface area contributed by atoms with Crippen molar-refractivity contribution in [2.75, 3.05) is 31.9 Å². The van der Waals surface area contributed by atoms with Crippen LogP contribution in [0.25, 0.3) is 0 Å². The Morgan fingerprint density at radius 1 is 0.941 bits per heavy atom. The second-order valence-corrected chi connectivity index (χ2v) is 11.1. The zero-order chi connectivity index (χ0) is 25.1. The van der Waals surface area contributed by atoms with Crippen molar-refractivity contribution in [2.24, 2.45) is 0 Å². The molecule has 0 saturated carbocycles. The number of rotatable bonds is 21. The minimum atomic E-state index is -4.13. The maximum Gasteiger partial charge on any atom is 0.266 e. The number of allylic oxidation sites excluding steroid dienone is 2. The summed E-state index contributed by atoms with van der Waals surface area (Å²) in [5.74, 6) is -0.494. The van der Waals surface area contributed by atoms with Gasteiger partial charge in [-0.25, -0.2) is 0 Å². The molecule has 34 heavy (non-hydrogen) atoms. The molecule has 0 aliphatic carbocycles. The van der Waals surface area contributed by atoms with Crippen LogP contribution in [0.5, 0.6) is 0 Å². The fraction of sp³-hybridized carbons (Fsp3) is 0.846. The molecule has 1 fully saturated rings. The minimum absolute atomic E-state index is 0.0369. The first-order chi connectivity index (χ1) is 16.3. The average molecular weight is 501 g/mol. The lowest BCUT2D eigenvalue weighted by molar-refractivity contribution is -0.133. The van der Waals surface area contributed by atoms with Gasteiger partial charge in [-0.05, 0) is 38.5 Å². The first-order valence-electron chi connectivity index (χ1n) is 13.5. The lowest BCUT2D eigenvalue weighted by atomic mass is 10.1. The topological polar surface area (TPSA) is 95.0 Å². The highest BCUT2D eigenvalue weighted by Gasteiger charge is 2.22. The number of unbranched alkanes of at least 4 members (excludes halogenated alkanes) is 11. The highest BCUT2D eigenvalue weighted by atomic mass is 32.2. The normalized spacial score (nSPS) is 14.4. The first kappa shape index (κ1) is 30.6. The van der Waals surface area contributed by atoms with Crippen LogP contribution in [0.4, 0.5) is 0 Å². The van der Waals surface area contributed by atoms with Crippen LogP contribution in [0, 0.1) is 0 Å². The molecular formula is C26H48N2O5S. The summed E-state index contributed by atoms with van der Waals surface area (Å²) in [4.78, 5) is 27.6. The maximum absolute atomic E-state index is 12.6. The number of likely N-dealkylation sites (tertiary alicyclic amines) is 1. The quantitative estimate of drug-likeness (QED) is 0.130. The molecule has 1 heterocycles. The zero-order valence-corrected chi connectivity index (χ0v) is 22.2. The zero-order valence-electron chi connectivity index (χ0n) is 21.4. The molecule has 198 valence electrons. The molecule has 7 nitrogen and oxygen atoms in total. The number of carbonyl (C=O) groups is 2. The van der Waals surface area contributed by atoms with Gasteiger partial charge in [-0.2, -0.15) is 8.42 Å². The van der Waals surface area contributed by atoms with Crippen molar-refractivity contribution in [2.45, 2.75) is 110 Å². The van der Waals surface area contributed by atoms with E-state index in [2.05, 4.69) is 19.1 Å². The van der Waals surface area contributed by atoms with E-state index in [0.717, 1.165) is 38.5 Å². The van der Waals surface area contributed by atoms with E-state index < -0.39 is 15.9 Å². The molecule has 1 aliphatic heterocycles. The van der Waals surface area contributed by atoms with Gasteiger partial charge in [0, 0.05) is 39.0 Å². The molecule has 1 aliphatic rings. The van der Waals surface area contributed by atoms with Gasteiger partial charge in [-0.1, -0.05) is 70.4 Å². The fourth-order valence-corrected chi connectivity index (χ4v) is 4.72. The molecule has 1 saturated heterocycles. The average Bonchev–Trinajstić information content (AvgIpc) is 3.20. The van der Waals surface area contributed by atoms with E-state index in [1.165, 1.54) is 56.3 Å². The van der Waals surface area contributed by atoms with Crippen LogP contribution in [0.1, 0.15) is 110 Å². The van der Waals surface area contributed by atoms with Gasteiger partial charge in [0.1, 0.15) is 0 Å². The Kier molecular flexibility index (Phi) is 17.0. The smallest absolute Gasteiger partial charge is 0.266 e. The fourth-order valence-electron chi connectivity index (χ4n) is 4.27. The third-order valence-corrected chi connectivity index (χ3v) is 7.13. The van der Waals surface area contributed by atoms with Gasteiger partial charge in [-0.15, -0.1) is 0 Å². The van der Waals surface area contributed by atoms with Crippen molar-refractivity contribution in [1.29, 1.82) is 0 Å². The molecule has 1 rings (SSSR count). The Morgan fingerprint density at radius 2 is 1.53 bits per heavy atom. The summed E-state index contributed by atoms with van der Waals surface area (Å²) in [5, 5.41) is 0. The van der Waals surface area contributed by atoms with Gasteiger partial charge in [-0.3, -0.25) is 14.1 Å². The molecule has 0 aromatic carbocycles. The number of amides is 2. The van der Waals surface area contributed by atoms with Gasteiger partial charge in [0.25, 0.3) is 10.1 Å². The Balaban J connectivity index is 2.13. The van der Waals surface area contributed by atoms with Gasteiger partial charge in [0.2, 0.25) is 11.8 Å². The summed E-state index contributed by atoms with van der Waals surface area (Å²) >= 11 is 0. The molecule has 2 amide bonds. The lowest BCUT2D eigenvalue weighted by Crippen LogP contribution is -2.41. The van der Waals surface area contributed by atoms with Crippen molar-refractivity contribution in [3.63, 3.8) is 0 Å². The van der Waals surface area contributed by atoms with E-state index in [4.69, 9.17) is 4.55 Å². The summed E-state index contributed by atoms with van der Waals surface area (Å²) in [6.07, 6.45) is 21.8. The predicted octanol–water partition coefficient (Wildman–Crippen LogP) is 5.36. The predicted molar refractivity (Wildman–Crippen MR) is 138 cm³/mol. The Morgan fingerprint density at radius 3 is 2.09 bits per heavy atom. The standard InChI is InChI=1S/C26H48N2O5S/c1-2-3-4-5-6-7-8-9-10-11-12-13-14-15-16-18-25(29)28(23-24-34(31,32)33)22-21-27-20-17-19-26(27)30/h9-10H,2-8,11-24H2,1H3,(H,31,32,33)/b10-9-. The first-order valence-corrected chi connectivity index (χ1v) is 15.1. The molecule has 0 atom stereocenters. The summed E-state index contributed by atoms with van der Waals surface area (Å²) in [6, 6.07) is 0. The number of hydrogen-bond acceptors (Lipinski definition) is 4. The van der Waals surface area contributed by atoms with Crippen LogP contribution in [-0.2, 0) is 19.7 Å². The van der Waals surface area contributed by atoms with Crippen LogP contribution in [0.3, 0.4) is 0 Å². The summed E-state index contributed by atoms with van der Waals surface area (Å²) in [5.41, 5.74) is 0. The third kappa shape index (κ3) is 16.3. The molecule has 0 bridgehead atoms. The Labute approximate surface area is 208 Å². The van der Waals surface area contributed by atoms with E-state index in [-0.39, 0.29) is 18.4 Å². The maximum atomic E-state index is 12.6. The van der Waals surface area contributed by atoms with Crippen molar-refractivity contribution < 1.29 is 22.6 Å². The molecule has 0 unspecified atom stereocenters. The second-order valence-electron chi connectivity index (χ2n) is 9.49. The van der Waals surface area contributed by atoms with Gasteiger partial charge >= 0.3 is 0 Å². The second kappa shape index (κ2) is 18.9. The van der Waals surface area contributed by atoms with Crippen molar-refractivity contribution in [3.8, 4) is 0 Å². The van der Waals surface area contributed by atoms with Crippen LogP contribution < -0.4 is 0 Å². The van der Waals surface area contributed by atoms with Crippen LogP contribution in [0.2, 0.25) is 0 Å². The highest BCUT2D eigenvalue weighted by Crippen LogP contribution is 2.12. The summed E-state index contributed by atoms with van der Waals surface area (Å²) < 4.78 is 31.3. The minimum Gasteiger partial charge on any atom is -0.341 e. The highest BCUT2D eigenvalue weighted by molar-refractivity contribution is 7.85. The number of hydrogen-bond donors (Lipinski definition) is 1. The molecule has 0 aromatic heterocycles. The van der Waals surface area contributed by atoms with Crippen LogP contribution in [-0.4, -0.2) is 66.5 Å². The van der Waals surface area contributed by atoms with Crippen molar-refractivity contribution in [1.82, 2.24) is 9.80 Å². The van der Waals surface area contributed by atoms with Gasteiger partial charge < -0.3 is 9.80 Å². The number of nitrogens with zero attached hydrogens (tertiary/aromatic N) is 2. The largest absolute Gasteiger partial charge is 0.341 e. The molecule has 0 spiro atoms. The summed E-state index contributed by atoms with van der Waals surface area (Å²) in [6.45, 7) is 3.63. The van der Waals surface area contributed by atoms with Crippen LogP contribution >= 0.6 is 0 Å². The van der Waals surface area contributed by atoms with Crippen LogP contribution in [0.15, 0.2) is 12.2 Å². The van der Waals surface area contributed by atoms with E-state index in [9.17, 15) is 18.0 Å². The van der Waals surface area contributed by atoms with Gasteiger partial charge in [0.05, 0.1) is 5.75 Å². The monoisotopic (exact) mass is 500 g/mol. The Bertz CT molecular complexity index is 693. The van der Waals surface area contributed by atoms with E-state index in [1.807, 2.05) is 0 Å². The third-order valence-electron chi connectivity index (χ3n) is 6.44. The number of carbonyl (C=O) groups excluding carboxylic acids is 2. The van der Waals surface area contributed by atoms with Crippen molar-refractivity contribution in [3.05, 3.63) is 12.2 Å². The lowest BCUT2D eigenvalue weighted by Gasteiger charge is -2.25. The molecule has 8 heteroatoms. The molecule has 0 aromatic rings.